The molecule has 0 saturated heterocycles. The summed E-state index contributed by atoms with van der Waals surface area (Å²) in [5.41, 5.74) is -0.138. The maximum Gasteiger partial charge on any atom is 0.416 e. The second kappa shape index (κ2) is 4.37. The summed E-state index contributed by atoms with van der Waals surface area (Å²) in [7, 11) is 0. The third-order valence-electron chi connectivity index (χ3n) is 1.56. The van der Waals surface area contributed by atoms with Crippen molar-refractivity contribution >= 4 is 28.3 Å². The summed E-state index contributed by atoms with van der Waals surface area (Å²) in [6.45, 7) is 1.86. The van der Waals surface area contributed by atoms with Crippen molar-refractivity contribution in [2.24, 2.45) is 0 Å². The van der Waals surface area contributed by atoms with Crippen LogP contribution in [0.25, 0.3) is 0 Å². The zero-order valence-electron chi connectivity index (χ0n) is 7.40. The Kier molecular flexibility index (Phi) is 3.63. The van der Waals surface area contributed by atoms with E-state index in [1.54, 1.807) is 6.07 Å². The van der Waals surface area contributed by atoms with Gasteiger partial charge in [0.15, 0.2) is 0 Å². The van der Waals surface area contributed by atoms with Crippen molar-refractivity contribution in [1.82, 2.24) is 0 Å². The average Bonchev–Trinajstić information content (AvgIpc) is 2.01. The van der Waals surface area contributed by atoms with Gasteiger partial charge in [-0.25, -0.2) is 0 Å². The number of rotatable bonds is 2. The Labute approximate surface area is 93.8 Å². The van der Waals surface area contributed by atoms with Crippen LogP contribution >= 0.6 is 22.6 Å². The molecule has 1 nitrogen and oxygen atoms in total. The summed E-state index contributed by atoms with van der Waals surface area (Å²) in [6.07, 6.45) is -4.27. The first kappa shape index (κ1) is 11.6. The molecule has 0 spiro atoms. The van der Waals surface area contributed by atoms with Crippen LogP contribution in [0.5, 0.6) is 0 Å². The van der Waals surface area contributed by atoms with Crippen LogP contribution in [0.2, 0.25) is 0 Å². The normalized spacial score (nSPS) is 13.8. The predicted octanol–water partition coefficient (Wildman–Crippen LogP) is 3.90. The van der Waals surface area contributed by atoms with Gasteiger partial charge in [0.1, 0.15) is 0 Å². The molecule has 78 valence electrons. The van der Waals surface area contributed by atoms with E-state index < -0.39 is 11.7 Å². The number of benzene rings is 1. The summed E-state index contributed by atoms with van der Waals surface area (Å²) in [4.78, 5) is 0. The van der Waals surface area contributed by atoms with E-state index in [9.17, 15) is 13.2 Å². The maximum atomic E-state index is 12.3. The highest BCUT2D eigenvalue weighted by Crippen LogP contribution is 2.30. The van der Waals surface area contributed by atoms with E-state index in [0.29, 0.717) is 5.69 Å². The van der Waals surface area contributed by atoms with Crippen LogP contribution in [0.15, 0.2) is 24.3 Å². The molecule has 14 heavy (non-hydrogen) atoms. The molecule has 0 aliphatic heterocycles. The Morgan fingerprint density at radius 1 is 1.36 bits per heavy atom. The molecule has 0 unspecified atom stereocenters. The summed E-state index contributed by atoms with van der Waals surface area (Å²) < 4.78 is 36.9. The van der Waals surface area contributed by atoms with Crippen molar-refractivity contribution < 1.29 is 13.2 Å². The second-order valence-corrected chi connectivity index (χ2v) is 4.71. The number of nitrogens with one attached hydrogen (secondary N) is 1. The SMILES string of the molecule is C[C@H](I)Nc1cccc(C(F)(F)F)c1. The Morgan fingerprint density at radius 3 is 2.50 bits per heavy atom. The second-order valence-electron chi connectivity index (χ2n) is 2.84. The van der Waals surface area contributed by atoms with E-state index in [2.05, 4.69) is 27.9 Å². The van der Waals surface area contributed by atoms with Gasteiger partial charge in [-0.15, -0.1) is 0 Å². The molecule has 1 N–H and O–H groups in total. The average molecular weight is 315 g/mol. The fraction of sp³-hybridized carbons (Fsp3) is 0.333. The van der Waals surface area contributed by atoms with Crippen LogP contribution in [-0.2, 0) is 6.18 Å². The molecule has 0 radical (unpaired) electrons. The molecule has 0 fully saturated rings. The van der Waals surface area contributed by atoms with Crippen LogP contribution < -0.4 is 5.32 Å². The van der Waals surface area contributed by atoms with Crippen LogP contribution in [0.1, 0.15) is 12.5 Å². The number of hydrogen-bond acceptors (Lipinski definition) is 1. The Balaban J connectivity index is 2.90. The first-order valence-corrected chi connectivity index (χ1v) is 5.22. The van der Waals surface area contributed by atoms with E-state index in [0.717, 1.165) is 12.1 Å². The Hall–Kier alpha value is -0.460. The van der Waals surface area contributed by atoms with Gasteiger partial charge in [-0.1, -0.05) is 28.7 Å². The molecule has 1 aromatic rings. The van der Waals surface area contributed by atoms with Crippen LogP contribution in [0.4, 0.5) is 18.9 Å². The standard InChI is InChI=1S/C9H9F3IN/c1-6(13)14-8-4-2-3-7(5-8)9(10,11)12/h2-6,14H,1H3/t6-/m1/s1. The molecule has 1 aromatic carbocycles. The van der Waals surface area contributed by atoms with Gasteiger partial charge in [0.2, 0.25) is 0 Å². The minimum absolute atomic E-state index is 0.0936. The van der Waals surface area contributed by atoms with E-state index in [4.69, 9.17) is 0 Å². The van der Waals surface area contributed by atoms with Crippen molar-refractivity contribution in [3.8, 4) is 0 Å². The molecule has 1 rings (SSSR count). The topological polar surface area (TPSA) is 12.0 Å². The predicted molar refractivity (Wildman–Crippen MR) is 58.5 cm³/mol. The summed E-state index contributed by atoms with van der Waals surface area (Å²) in [5, 5.41) is 2.90. The monoisotopic (exact) mass is 315 g/mol. The van der Waals surface area contributed by atoms with Gasteiger partial charge in [0.05, 0.1) is 9.61 Å². The van der Waals surface area contributed by atoms with E-state index >= 15 is 0 Å². The molecule has 0 bridgehead atoms. The molecule has 0 aromatic heterocycles. The molecule has 5 heteroatoms. The minimum Gasteiger partial charge on any atom is -0.374 e. The third kappa shape index (κ3) is 3.36. The van der Waals surface area contributed by atoms with Crippen LogP contribution in [0, 0.1) is 0 Å². The zero-order valence-corrected chi connectivity index (χ0v) is 9.56. The lowest BCUT2D eigenvalue weighted by molar-refractivity contribution is -0.137. The lowest BCUT2D eigenvalue weighted by Gasteiger charge is -2.11. The van der Waals surface area contributed by atoms with E-state index in [-0.39, 0.29) is 4.05 Å². The number of alkyl halides is 4. The Morgan fingerprint density at radius 2 is 2.00 bits per heavy atom. The summed E-state index contributed by atoms with van der Waals surface area (Å²) in [6, 6.07) is 5.17. The van der Waals surface area contributed by atoms with Gasteiger partial charge in [-0.05, 0) is 25.1 Å². The lowest BCUT2D eigenvalue weighted by Crippen LogP contribution is -2.09. The van der Waals surface area contributed by atoms with Gasteiger partial charge in [-0.3, -0.25) is 0 Å². The third-order valence-corrected chi connectivity index (χ3v) is 1.87. The molecule has 0 aliphatic rings. The van der Waals surface area contributed by atoms with Crippen LogP contribution in [-0.4, -0.2) is 4.05 Å². The quantitative estimate of drug-likeness (QED) is 0.496. The van der Waals surface area contributed by atoms with Crippen molar-refractivity contribution in [3.05, 3.63) is 29.8 Å². The van der Waals surface area contributed by atoms with Crippen LogP contribution in [0.3, 0.4) is 0 Å². The fourth-order valence-electron chi connectivity index (χ4n) is 1.01. The van der Waals surface area contributed by atoms with Crippen molar-refractivity contribution in [2.45, 2.75) is 17.1 Å². The Bertz CT molecular complexity index is 309. The minimum atomic E-state index is -4.27. The first-order valence-electron chi connectivity index (χ1n) is 3.97. The number of hydrogen-bond donors (Lipinski definition) is 1. The highest BCUT2D eigenvalue weighted by atomic mass is 127. The van der Waals surface area contributed by atoms with E-state index in [1.165, 1.54) is 6.07 Å². The van der Waals surface area contributed by atoms with Gasteiger partial charge in [-0.2, -0.15) is 13.2 Å². The molecule has 0 aliphatic carbocycles. The van der Waals surface area contributed by atoms with Gasteiger partial charge >= 0.3 is 6.18 Å². The molecule has 1 atom stereocenters. The highest BCUT2D eigenvalue weighted by Gasteiger charge is 2.30. The smallest absolute Gasteiger partial charge is 0.374 e. The van der Waals surface area contributed by atoms with Crippen molar-refractivity contribution in [3.63, 3.8) is 0 Å². The van der Waals surface area contributed by atoms with Gasteiger partial charge in [0.25, 0.3) is 0 Å². The fourth-order valence-corrected chi connectivity index (χ4v) is 1.37. The number of halogens is 4. The number of anilines is 1. The molecular formula is C9H9F3IN. The summed E-state index contributed by atoms with van der Waals surface area (Å²) in [5.74, 6) is 0. The highest BCUT2D eigenvalue weighted by molar-refractivity contribution is 14.1. The van der Waals surface area contributed by atoms with E-state index in [1.807, 2.05) is 6.92 Å². The lowest BCUT2D eigenvalue weighted by atomic mass is 10.2. The molecule has 0 saturated carbocycles. The molecule has 0 heterocycles. The van der Waals surface area contributed by atoms with Gasteiger partial charge < -0.3 is 5.32 Å². The molecular weight excluding hydrogens is 306 g/mol. The largest absolute Gasteiger partial charge is 0.416 e. The van der Waals surface area contributed by atoms with Crippen molar-refractivity contribution in [1.29, 1.82) is 0 Å². The zero-order chi connectivity index (χ0) is 10.8. The maximum absolute atomic E-state index is 12.3. The molecule has 0 amide bonds. The first-order chi connectivity index (χ1) is 6.39. The van der Waals surface area contributed by atoms with Crippen molar-refractivity contribution in [2.75, 3.05) is 5.32 Å². The summed E-state index contributed by atoms with van der Waals surface area (Å²) >= 11 is 2.09. The van der Waals surface area contributed by atoms with Gasteiger partial charge in [0, 0.05) is 5.69 Å².